The molecule has 1 aliphatic rings. The Bertz CT molecular complexity index is 583. The third-order valence-corrected chi connectivity index (χ3v) is 4.38. The third-order valence-electron chi connectivity index (χ3n) is 4.04. The summed E-state index contributed by atoms with van der Waals surface area (Å²) >= 11 is 6.14. The SMILES string of the molecule is OC(CN1CCN(Cc2ccon2)CC1)c1ccccc1Cl. The number of halogens is 1. The lowest BCUT2D eigenvalue weighted by molar-refractivity contribution is 0.0694. The van der Waals surface area contributed by atoms with E-state index in [0.717, 1.165) is 44.0 Å². The molecule has 0 bridgehead atoms. The molecule has 6 heteroatoms. The second kappa shape index (κ2) is 7.24. The Balaban J connectivity index is 1.48. The Hall–Kier alpha value is -1.40. The van der Waals surface area contributed by atoms with Gasteiger partial charge in [-0.15, -0.1) is 0 Å². The molecule has 118 valence electrons. The van der Waals surface area contributed by atoms with E-state index in [1.807, 2.05) is 30.3 Å². The molecule has 1 aromatic carbocycles. The molecule has 0 aliphatic carbocycles. The molecule has 1 fully saturated rings. The first-order chi connectivity index (χ1) is 10.7. The molecule has 1 atom stereocenters. The quantitative estimate of drug-likeness (QED) is 0.915. The third kappa shape index (κ3) is 3.87. The smallest absolute Gasteiger partial charge is 0.124 e. The molecule has 1 N–H and O–H groups in total. The summed E-state index contributed by atoms with van der Waals surface area (Å²) in [7, 11) is 0. The molecule has 0 spiro atoms. The van der Waals surface area contributed by atoms with Crippen LogP contribution in [0.1, 0.15) is 17.4 Å². The fourth-order valence-corrected chi connectivity index (χ4v) is 3.03. The van der Waals surface area contributed by atoms with E-state index in [1.165, 1.54) is 0 Å². The van der Waals surface area contributed by atoms with Crippen LogP contribution >= 0.6 is 11.6 Å². The zero-order valence-electron chi connectivity index (χ0n) is 12.4. The summed E-state index contributed by atoms with van der Waals surface area (Å²) in [5.41, 5.74) is 1.76. The summed E-state index contributed by atoms with van der Waals surface area (Å²) in [6, 6.07) is 9.37. The van der Waals surface area contributed by atoms with Gasteiger partial charge < -0.3 is 9.63 Å². The molecule has 22 heavy (non-hydrogen) atoms. The number of aromatic nitrogens is 1. The van der Waals surface area contributed by atoms with Gasteiger partial charge in [-0.1, -0.05) is 35.0 Å². The highest BCUT2D eigenvalue weighted by Gasteiger charge is 2.21. The number of rotatable bonds is 5. The zero-order valence-corrected chi connectivity index (χ0v) is 13.1. The van der Waals surface area contributed by atoms with E-state index in [1.54, 1.807) is 6.26 Å². The highest BCUT2D eigenvalue weighted by molar-refractivity contribution is 6.31. The number of nitrogens with zero attached hydrogens (tertiary/aromatic N) is 3. The highest BCUT2D eigenvalue weighted by atomic mass is 35.5. The van der Waals surface area contributed by atoms with Crippen molar-refractivity contribution >= 4 is 11.6 Å². The first-order valence-electron chi connectivity index (χ1n) is 7.49. The number of β-amino-alcohol motifs (C(OH)–C–C–N with tert-alkyl or cyclic N) is 1. The van der Waals surface area contributed by atoms with Gasteiger partial charge in [-0.2, -0.15) is 0 Å². The van der Waals surface area contributed by atoms with E-state index in [9.17, 15) is 5.11 Å². The van der Waals surface area contributed by atoms with Crippen LogP contribution in [0, 0.1) is 0 Å². The molecular weight excluding hydrogens is 302 g/mol. The molecule has 1 unspecified atom stereocenters. The van der Waals surface area contributed by atoms with Crippen LogP contribution < -0.4 is 0 Å². The molecule has 0 saturated carbocycles. The number of benzene rings is 1. The number of hydrogen-bond acceptors (Lipinski definition) is 5. The van der Waals surface area contributed by atoms with E-state index in [4.69, 9.17) is 16.1 Å². The van der Waals surface area contributed by atoms with Crippen LogP contribution in [0.3, 0.4) is 0 Å². The summed E-state index contributed by atoms with van der Waals surface area (Å²) in [6.07, 6.45) is 1.06. The lowest BCUT2D eigenvalue weighted by atomic mass is 10.1. The van der Waals surface area contributed by atoms with Gasteiger partial charge >= 0.3 is 0 Å². The van der Waals surface area contributed by atoms with Crippen LogP contribution in [0.4, 0.5) is 0 Å². The van der Waals surface area contributed by atoms with Crippen molar-refractivity contribution < 1.29 is 9.63 Å². The highest BCUT2D eigenvalue weighted by Crippen LogP contribution is 2.23. The van der Waals surface area contributed by atoms with E-state index in [2.05, 4.69) is 15.0 Å². The molecule has 3 rings (SSSR count). The Kier molecular flexibility index (Phi) is 5.10. The van der Waals surface area contributed by atoms with Gasteiger partial charge in [-0.05, 0) is 6.07 Å². The van der Waals surface area contributed by atoms with Crippen LogP contribution in [-0.4, -0.2) is 52.8 Å². The number of aliphatic hydroxyl groups is 1. The van der Waals surface area contributed by atoms with E-state index < -0.39 is 6.10 Å². The van der Waals surface area contributed by atoms with Gasteiger partial charge in [0, 0.05) is 55.9 Å². The normalized spacial score (nSPS) is 18.5. The number of piperazine rings is 1. The maximum absolute atomic E-state index is 10.4. The van der Waals surface area contributed by atoms with Gasteiger partial charge in [0.1, 0.15) is 6.26 Å². The number of aliphatic hydroxyl groups excluding tert-OH is 1. The Morgan fingerprint density at radius 2 is 1.86 bits per heavy atom. The van der Waals surface area contributed by atoms with Crippen molar-refractivity contribution in [2.75, 3.05) is 32.7 Å². The molecule has 2 heterocycles. The van der Waals surface area contributed by atoms with Gasteiger partial charge in [0.25, 0.3) is 0 Å². The average molecular weight is 322 g/mol. The molecule has 1 aliphatic heterocycles. The topological polar surface area (TPSA) is 52.7 Å². The van der Waals surface area contributed by atoms with Gasteiger partial charge in [0.05, 0.1) is 11.8 Å². The van der Waals surface area contributed by atoms with Crippen molar-refractivity contribution in [3.8, 4) is 0 Å². The van der Waals surface area contributed by atoms with Crippen molar-refractivity contribution in [3.63, 3.8) is 0 Å². The maximum atomic E-state index is 10.4. The second-order valence-electron chi connectivity index (χ2n) is 5.60. The summed E-state index contributed by atoms with van der Waals surface area (Å²) in [5, 5.41) is 14.9. The van der Waals surface area contributed by atoms with Crippen LogP contribution in [0.25, 0.3) is 0 Å². The van der Waals surface area contributed by atoms with E-state index >= 15 is 0 Å². The fraction of sp³-hybridized carbons (Fsp3) is 0.438. The Morgan fingerprint density at radius 3 is 2.55 bits per heavy atom. The van der Waals surface area contributed by atoms with Crippen LogP contribution in [0.2, 0.25) is 5.02 Å². The molecule has 1 saturated heterocycles. The standard InChI is InChI=1S/C16H20ClN3O2/c17-15-4-2-1-3-14(15)16(21)12-20-8-6-19(7-9-20)11-13-5-10-22-18-13/h1-5,10,16,21H,6-9,11-12H2. The Labute approximate surface area is 135 Å². The summed E-state index contributed by atoms with van der Waals surface area (Å²) in [5.74, 6) is 0. The summed E-state index contributed by atoms with van der Waals surface area (Å²) in [4.78, 5) is 4.61. The van der Waals surface area contributed by atoms with Crippen LogP contribution in [0.5, 0.6) is 0 Å². The first-order valence-corrected chi connectivity index (χ1v) is 7.86. The monoisotopic (exact) mass is 321 g/mol. The van der Waals surface area contributed by atoms with Crippen molar-refractivity contribution in [1.29, 1.82) is 0 Å². The van der Waals surface area contributed by atoms with Crippen molar-refractivity contribution in [3.05, 3.63) is 52.9 Å². The van der Waals surface area contributed by atoms with E-state index in [-0.39, 0.29) is 0 Å². The number of hydrogen-bond donors (Lipinski definition) is 1. The van der Waals surface area contributed by atoms with E-state index in [0.29, 0.717) is 11.6 Å². The molecule has 2 aromatic rings. The largest absolute Gasteiger partial charge is 0.387 e. The maximum Gasteiger partial charge on any atom is 0.124 e. The van der Waals surface area contributed by atoms with Gasteiger partial charge in [0.15, 0.2) is 0 Å². The minimum Gasteiger partial charge on any atom is -0.387 e. The predicted octanol–water partition coefficient (Wildman–Crippen LogP) is 2.18. The van der Waals surface area contributed by atoms with Crippen LogP contribution in [0.15, 0.2) is 41.1 Å². The van der Waals surface area contributed by atoms with Crippen molar-refractivity contribution in [1.82, 2.24) is 15.0 Å². The summed E-state index contributed by atoms with van der Waals surface area (Å²) in [6.45, 7) is 5.21. The lowest BCUT2D eigenvalue weighted by Crippen LogP contribution is -2.47. The second-order valence-corrected chi connectivity index (χ2v) is 6.01. The molecule has 5 nitrogen and oxygen atoms in total. The van der Waals surface area contributed by atoms with Crippen molar-refractivity contribution in [2.45, 2.75) is 12.6 Å². The molecule has 0 radical (unpaired) electrons. The zero-order chi connectivity index (χ0) is 15.4. The summed E-state index contributed by atoms with van der Waals surface area (Å²) < 4.78 is 4.86. The van der Waals surface area contributed by atoms with Gasteiger partial charge in [-0.3, -0.25) is 9.80 Å². The van der Waals surface area contributed by atoms with Crippen molar-refractivity contribution in [2.24, 2.45) is 0 Å². The Morgan fingerprint density at radius 1 is 1.14 bits per heavy atom. The molecular formula is C16H20ClN3O2. The minimum atomic E-state index is -0.546. The minimum absolute atomic E-state index is 0.546. The first kappa shape index (κ1) is 15.5. The van der Waals surface area contributed by atoms with Crippen LogP contribution in [-0.2, 0) is 6.54 Å². The molecule has 0 amide bonds. The average Bonchev–Trinajstić information content (AvgIpc) is 3.02. The molecule has 1 aromatic heterocycles. The van der Waals surface area contributed by atoms with Gasteiger partial charge in [0.2, 0.25) is 0 Å². The van der Waals surface area contributed by atoms with Gasteiger partial charge in [-0.25, -0.2) is 0 Å². The fourth-order valence-electron chi connectivity index (χ4n) is 2.77. The predicted molar refractivity (Wildman–Crippen MR) is 84.6 cm³/mol. The lowest BCUT2D eigenvalue weighted by Gasteiger charge is -2.35.